The lowest BCUT2D eigenvalue weighted by atomic mass is 9.93. The zero-order valence-corrected chi connectivity index (χ0v) is 37.3. The summed E-state index contributed by atoms with van der Waals surface area (Å²) in [6.07, 6.45) is 25.0. The number of benzene rings is 4. The van der Waals surface area contributed by atoms with Crippen LogP contribution in [-0.2, 0) is 26.2 Å². The predicted molar refractivity (Wildman–Crippen MR) is 251 cm³/mol. The summed E-state index contributed by atoms with van der Waals surface area (Å²) in [4.78, 5) is 70.6. The van der Waals surface area contributed by atoms with Crippen LogP contribution in [0.15, 0.2) is 140 Å². The van der Waals surface area contributed by atoms with Crippen LogP contribution in [-0.4, -0.2) is 97.8 Å². The van der Waals surface area contributed by atoms with Gasteiger partial charge in [-0.05, 0) is 74.0 Å². The summed E-state index contributed by atoms with van der Waals surface area (Å²) in [6, 6.07) is 18.6. The summed E-state index contributed by atoms with van der Waals surface area (Å²) in [7, 11) is 0. The first kappa shape index (κ1) is 44.4. The van der Waals surface area contributed by atoms with Gasteiger partial charge in [0.05, 0.1) is 25.3 Å². The molecule has 0 radical (unpaired) electrons. The molecule has 6 heterocycles. The van der Waals surface area contributed by atoms with E-state index in [1.165, 1.54) is 9.80 Å². The zero-order chi connectivity index (χ0) is 45.1. The van der Waals surface area contributed by atoms with Crippen molar-refractivity contribution in [3.05, 3.63) is 162 Å². The first-order valence-corrected chi connectivity index (χ1v) is 22.4. The number of carbonyl (C=O) groups excluding carboxylic acids is 4. The highest BCUT2D eigenvalue weighted by atomic mass is 79.9. The van der Waals surface area contributed by atoms with Gasteiger partial charge in [0.2, 0.25) is 0 Å². The van der Waals surface area contributed by atoms with E-state index in [1.807, 2.05) is 91.6 Å². The molecular weight excluding hydrogens is 889 g/mol. The number of nitrogens with one attached hydrogen (secondary N) is 1. The van der Waals surface area contributed by atoms with E-state index >= 15 is 0 Å². The zero-order valence-electron chi connectivity index (χ0n) is 35.7. The van der Waals surface area contributed by atoms with Crippen LogP contribution in [0.25, 0.3) is 21.5 Å². The second-order valence-corrected chi connectivity index (χ2v) is 16.4. The van der Waals surface area contributed by atoms with E-state index in [9.17, 15) is 19.2 Å². The van der Waals surface area contributed by atoms with Gasteiger partial charge in [0.1, 0.15) is 0 Å². The van der Waals surface area contributed by atoms with Crippen LogP contribution in [0.5, 0.6) is 0 Å². The van der Waals surface area contributed by atoms with Gasteiger partial charge in [0.15, 0.2) is 0 Å². The highest BCUT2D eigenvalue weighted by Crippen LogP contribution is 2.36. The molecule has 8 aromatic rings. The van der Waals surface area contributed by atoms with Crippen molar-refractivity contribution in [2.75, 3.05) is 31.5 Å². The molecule has 332 valence electrons. The molecule has 2 aliphatic rings. The molecule has 0 aliphatic carbocycles. The van der Waals surface area contributed by atoms with E-state index in [0.717, 1.165) is 70.7 Å². The maximum atomic E-state index is 13.2. The Morgan fingerprint density at radius 1 is 0.477 bits per heavy atom. The lowest BCUT2D eigenvalue weighted by molar-refractivity contribution is 0.0591. The van der Waals surface area contributed by atoms with Gasteiger partial charge in [-0.15, -0.1) is 0 Å². The van der Waals surface area contributed by atoms with Crippen molar-refractivity contribution in [1.29, 1.82) is 0 Å². The maximum Gasteiger partial charge on any atom is 0.261 e. The molecule has 4 aromatic heterocycles. The predicted octanol–water partition coefficient (Wildman–Crippen LogP) is 7.14. The number of imidazole rings is 4. The number of amides is 4. The molecule has 10 rings (SSSR count). The monoisotopic (exact) mass is 936 g/mol. The van der Waals surface area contributed by atoms with Gasteiger partial charge in [-0.1, -0.05) is 40.2 Å². The van der Waals surface area contributed by atoms with Crippen LogP contribution >= 0.6 is 15.9 Å². The summed E-state index contributed by atoms with van der Waals surface area (Å²) in [5.41, 5.74) is 8.59. The molecule has 0 fully saturated rings. The number of nitrogens with two attached hydrogens (primary N) is 1. The normalized spacial score (nSPS) is 13.0. The first-order valence-electron chi connectivity index (χ1n) is 21.6. The van der Waals surface area contributed by atoms with E-state index in [1.54, 1.807) is 62.2 Å². The summed E-state index contributed by atoms with van der Waals surface area (Å²) in [5, 5.41) is 6.75. The van der Waals surface area contributed by atoms with Crippen molar-refractivity contribution < 1.29 is 19.2 Å². The molecule has 17 heteroatoms. The van der Waals surface area contributed by atoms with Crippen LogP contribution in [0.2, 0.25) is 0 Å². The van der Waals surface area contributed by atoms with E-state index in [4.69, 9.17) is 5.73 Å². The van der Waals surface area contributed by atoms with Gasteiger partial charge in [-0.2, -0.15) is 0 Å². The summed E-state index contributed by atoms with van der Waals surface area (Å²) >= 11 is 3.49. The van der Waals surface area contributed by atoms with Crippen molar-refractivity contribution >= 4 is 66.8 Å². The van der Waals surface area contributed by atoms with Crippen LogP contribution < -0.4 is 11.1 Å². The lowest BCUT2D eigenvalue weighted by Crippen LogP contribution is -2.41. The Kier molecular flexibility index (Phi) is 14.3. The van der Waals surface area contributed by atoms with Crippen molar-refractivity contribution in [1.82, 2.24) is 48.0 Å². The van der Waals surface area contributed by atoms with E-state index in [0.29, 0.717) is 61.3 Å². The van der Waals surface area contributed by atoms with Gasteiger partial charge in [0, 0.05) is 144 Å². The first-order chi connectivity index (χ1) is 31.8. The second-order valence-electron chi connectivity index (χ2n) is 15.6. The molecule has 0 unspecified atom stereocenters. The maximum absolute atomic E-state index is 13.2. The number of carbonyl (C=O) groups is 4. The molecule has 0 atom stereocenters. The quantitative estimate of drug-likeness (QED) is 0.0746. The summed E-state index contributed by atoms with van der Waals surface area (Å²) < 4.78 is 8.82. The van der Waals surface area contributed by atoms with Gasteiger partial charge in [-0.3, -0.25) is 29.0 Å². The molecule has 0 saturated carbocycles. The number of rotatable bonds is 16. The van der Waals surface area contributed by atoms with Gasteiger partial charge >= 0.3 is 0 Å². The molecule has 16 nitrogen and oxygen atoms in total. The standard InChI is InChI=1S/C24H24N6O2.C18H14BrN3O2.C6H11N3/c31-23-19-5-1-4-18-21(27-8-2-11-28-14-9-25-16-28)7-6-20(22(18)19)24(32)30(23)13-3-12-29-15-10-26-17-29;19-15-6-5-14-16-12(15)3-1-4-13(16)17(23)22(18(14)24)9-2-8-21-10-7-20-11-21;7-2-1-4-9-5-3-8-6-9/h1,4-7,9-10,14-17,27H,2-3,8,11-13H2;1,3-7,10-11H,2,8-9H2;3,5-6H,1-2,4,7H2. The number of hydrogen-bond acceptors (Lipinski definition) is 10. The van der Waals surface area contributed by atoms with Crippen molar-refractivity contribution in [3.8, 4) is 0 Å². The number of halogens is 1. The fourth-order valence-electron chi connectivity index (χ4n) is 8.07. The van der Waals surface area contributed by atoms with Gasteiger partial charge in [-0.25, -0.2) is 19.9 Å². The third kappa shape index (κ3) is 10.1. The van der Waals surface area contributed by atoms with Crippen LogP contribution in [0.3, 0.4) is 0 Å². The van der Waals surface area contributed by atoms with Crippen molar-refractivity contribution in [2.24, 2.45) is 5.73 Å². The largest absolute Gasteiger partial charge is 0.384 e. The Hall–Kier alpha value is -7.24. The average Bonchev–Trinajstić information content (AvgIpc) is 4.20. The molecule has 0 bridgehead atoms. The fraction of sp³-hybridized carbons (Fsp3) is 0.250. The highest BCUT2D eigenvalue weighted by molar-refractivity contribution is 9.10. The van der Waals surface area contributed by atoms with Gasteiger partial charge in [0.25, 0.3) is 23.6 Å². The van der Waals surface area contributed by atoms with Crippen molar-refractivity contribution in [2.45, 2.75) is 51.9 Å². The van der Waals surface area contributed by atoms with Crippen LogP contribution in [0, 0.1) is 0 Å². The van der Waals surface area contributed by atoms with E-state index in [-0.39, 0.29) is 23.6 Å². The number of hydrogen-bond donors (Lipinski definition) is 2. The minimum absolute atomic E-state index is 0.221. The molecule has 0 spiro atoms. The van der Waals surface area contributed by atoms with Crippen LogP contribution in [0.1, 0.15) is 67.1 Å². The molecule has 0 saturated heterocycles. The number of aromatic nitrogens is 8. The lowest BCUT2D eigenvalue weighted by Gasteiger charge is -2.28. The minimum atomic E-state index is -0.226. The Balaban J connectivity index is 0.000000153. The Morgan fingerprint density at radius 3 is 1.35 bits per heavy atom. The van der Waals surface area contributed by atoms with Gasteiger partial charge < -0.3 is 29.3 Å². The smallest absolute Gasteiger partial charge is 0.261 e. The summed E-state index contributed by atoms with van der Waals surface area (Å²) in [6.45, 7) is 5.57. The molecule has 2 aliphatic heterocycles. The fourth-order valence-corrected chi connectivity index (χ4v) is 8.54. The molecule has 65 heavy (non-hydrogen) atoms. The topological polar surface area (TPSA) is 184 Å². The van der Waals surface area contributed by atoms with Crippen LogP contribution in [0.4, 0.5) is 5.69 Å². The third-order valence-electron chi connectivity index (χ3n) is 11.3. The van der Waals surface area contributed by atoms with Crippen molar-refractivity contribution in [3.63, 3.8) is 0 Å². The minimum Gasteiger partial charge on any atom is -0.384 e. The molecule has 3 N–H and O–H groups in total. The Bertz CT molecular complexity index is 2830. The second kappa shape index (κ2) is 21.0. The SMILES string of the molecule is NCCCn1ccnc1.O=C1c2cccc3c(Br)ccc(c23)C(=O)N1CCCn1ccnc1.O=C1c2cccc3c(NCCCn4ccnc4)ccc(c23)C(=O)N1CCCn1ccnc1. The Morgan fingerprint density at radius 2 is 0.892 bits per heavy atom. The molecule has 4 amide bonds. The molecule has 4 aromatic carbocycles. The molecular formula is C48H49BrN12O4. The van der Waals surface area contributed by atoms with E-state index < -0.39 is 0 Å². The summed E-state index contributed by atoms with van der Waals surface area (Å²) in [5.74, 6) is -0.893. The highest BCUT2D eigenvalue weighted by Gasteiger charge is 2.34. The number of nitrogens with zero attached hydrogens (tertiary/aromatic N) is 10. The average molecular weight is 938 g/mol. The van der Waals surface area contributed by atoms with E-state index in [2.05, 4.69) is 41.2 Å². The number of anilines is 1. The Labute approximate surface area is 383 Å². The third-order valence-corrected chi connectivity index (χ3v) is 12.0. The number of imide groups is 2. The number of aryl methyl sites for hydroxylation is 4.